The van der Waals surface area contributed by atoms with E-state index >= 15 is 0 Å². The highest BCUT2D eigenvalue weighted by molar-refractivity contribution is 8.00. The number of benzene rings is 1. The predicted octanol–water partition coefficient (Wildman–Crippen LogP) is 4.16. The van der Waals surface area contributed by atoms with Crippen LogP contribution in [0.3, 0.4) is 0 Å². The van der Waals surface area contributed by atoms with Gasteiger partial charge in [0.15, 0.2) is 5.78 Å². The number of carbonyl (C=O) groups excluding carboxylic acids is 1. The zero-order valence-corrected chi connectivity index (χ0v) is 11.5. The second-order valence-electron chi connectivity index (χ2n) is 5.02. The van der Waals surface area contributed by atoms with Gasteiger partial charge in [-0.2, -0.15) is 11.8 Å². The van der Waals surface area contributed by atoms with Crippen LogP contribution in [0.4, 0.5) is 0 Å². The highest BCUT2D eigenvalue weighted by Crippen LogP contribution is 2.29. The zero-order valence-electron chi connectivity index (χ0n) is 10.7. The summed E-state index contributed by atoms with van der Waals surface area (Å²) >= 11 is 1.85. The maximum Gasteiger partial charge on any atom is 0.172 e. The highest BCUT2D eigenvalue weighted by Gasteiger charge is 2.17. The van der Waals surface area contributed by atoms with Crippen LogP contribution < -0.4 is 0 Å². The molecular weight excluding hydrogens is 228 g/mol. The number of hydrogen-bond donors (Lipinski definition) is 0. The minimum absolute atomic E-state index is 0.286. The summed E-state index contributed by atoms with van der Waals surface area (Å²) in [5, 5.41) is 0.727. The van der Waals surface area contributed by atoms with Gasteiger partial charge in [0.05, 0.1) is 5.75 Å². The maximum absolute atomic E-state index is 12.1. The van der Waals surface area contributed by atoms with Gasteiger partial charge >= 0.3 is 0 Å². The molecule has 1 fully saturated rings. The molecule has 0 radical (unpaired) electrons. The third kappa shape index (κ3) is 3.60. The van der Waals surface area contributed by atoms with E-state index in [1.54, 1.807) is 0 Å². The first-order valence-electron chi connectivity index (χ1n) is 6.38. The number of thioether (sulfide) groups is 1. The van der Waals surface area contributed by atoms with Gasteiger partial charge in [-0.25, -0.2) is 0 Å². The van der Waals surface area contributed by atoms with Crippen LogP contribution in [0.1, 0.15) is 47.2 Å². The van der Waals surface area contributed by atoms with E-state index in [2.05, 4.69) is 6.07 Å². The van der Waals surface area contributed by atoms with Crippen LogP contribution in [0.25, 0.3) is 0 Å². The SMILES string of the molecule is Cc1cc(C)cc(C(=O)CSC2CCCC2)c1. The molecule has 2 rings (SSSR count). The molecule has 1 nitrogen and oxygen atoms in total. The van der Waals surface area contributed by atoms with Crippen LogP contribution in [-0.2, 0) is 0 Å². The van der Waals surface area contributed by atoms with Gasteiger partial charge in [0, 0.05) is 10.8 Å². The van der Waals surface area contributed by atoms with Crippen molar-refractivity contribution in [1.29, 1.82) is 0 Å². The van der Waals surface area contributed by atoms with Gasteiger partial charge in [0.2, 0.25) is 0 Å². The fourth-order valence-electron chi connectivity index (χ4n) is 2.47. The predicted molar refractivity (Wildman–Crippen MR) is 75.0 cm³/mol. The summed E-state index contributed by atoms with van der Waals surface area (Å²) in [5.41, 5.74) is 3.24. The van der Waals surface area contributed by atoms with E-state index in [1.807, 2.05) is 37.7 Å². The summed E-state index contributed by atoms with van der Waals surface area (Å²) in [6.45, 7) is 4.10. The van der Waals surface area contributed by atoms with E-state index in [0.29, 0.717) is 5.75 Å². The molecule has 1 aliphatic carbocycles. The fourth-order valence-corrected chi connectivity index (χ4v) is 3.69. The van der Waals surface area contributed by atoms with Crippen molar-refractivity contribution in [3.05, 3.63) is 34.9 Å². The maximum atomic E-state index is 12.1. The third-order valence-corrected chi connectivity index (χ3v) is 4.67. The Kier molecular flexibility index (Phi) is 4.27. The van der Waals surface area contributed by atoms with Gasteiger partial charge in [-0.15, -0.1) is 0 Å². The molecule has 0 amide bonds. The van der Waals surface area contributed by atoms with Crippen molar-refractivity contribution in [1.82, 2.24) is 0 Å². The van der Waals surface area contributed by atoms with Crippen LogP contribution in [0.5, 0.6) is 0 Å². The number of aryl methyl sites for hydroxylation is 2. The van der Waals surface area contributed by atoms with Crippen LogP contribution in [0.15, 0.2) is 18.2 Å². The molecule has 0 bridgehead atoms. The number of Topliss-reactive ketones (excluding diaryl/α,β-unsaturated/α-hetero) is 1. The molecule has 1 aromatic rings. The normalized spacial score (nSPS) is 16.4. The average Bonchev–Trinajstić information content (AvgIpc) is 2.77. The summed E-state index contributed by atoms with van der Waals surface area (Å²) in [5.74, 6) is 0.932. The van der Waals surface area contributed by atoms with Gasteiger partial charge in [-0.1, -0.05) is 30.0 Å². The van der Waals surface area contributed by atoms with Crippen molar-refractivity contribution in [3.8, 4) is 0 Å². The second kappa shape index (κ2) is 5.72. The lowest BCUT2D eigenvalue weighted by Gasteiger charge is -2.08. The highest BCUT2D eigenvalue weighted by atomic mass is 32.2. The van der Waals surface area contributed by atoms with Crippen molar-refractivity contribution >= 4 is 17.5 Å². The summed E-state index contributed by atoms with van der Waals surface area (Å²) in [6.07, 6.45) is 5.28. The molecule has 1 aliphatic rings. The first-order valence-corrected chi connectivity index (χ1v) is 7.43. The summed E-state index contributed by atoms with van der Waals surface area (Å²) in [6, 6.07) is 6.12. The van der Waals surface area contributed by atoms with Gasteiger partial charge in [0.1, 0.15) is 0 Å². The van der Waals surface area contributed by atoms with E-state index in [0.717, 1.165) is 10.8 Å². The number of rotatable bonds is 4. The van der Waals surface area contributed by atoms with Crippen molar-refractivity contribution < 1.29 is 4.79 Å². The Labute approximate surface area is 108 Å². The average molecular weight is 248 g/mol. The molecule has 0 N–H and O–H groups in total. The molecule has 0 heterocycles. The molecule has 0 aliphatic heterocycles. The minimum atomic E-state index is 0.286. The van der Waals surface area contributed by atoms with Gasteiger partial charge < -0.3 is 0 Å². The molecule has 1 aromatic carbocycles. The summed E-state index contributed by atoms with van der Waals surface area (Å²) in [7, 11) is 0. The lowest BCUT2D eigenvalue weighted by molar-refractivity contribution is 0.102. The van der Waals surface area contributed by atoms with Crippen molar-refractivity contribution in [2.75, 3.05) is 5.75 Å². The fraction of sp³-hybridized carbons (Fsp3) is 0.533. The molecule has 0 atom stereocenters. The number of carbonyl (C=O) groups is 1. The van der Waals surface area contributed by atoms with Crippen LogP contribution in [0.2, 0.25) is 0 Å². The molecular formula is C15H20OS. The Balaban J connectivity index is 1.94. The molecule has 17 heavy (non-hydrogen) atoms. The molecule has 0 aromatic heterocycles. The van der Waals surface area contributed by atoms with Crippen LogP contribution >= 0.6 is 11.8 Å². The summed E-state index contributed by atoms with van der Waals surface area (Å²) in [4.78, 5) is 12.1. The van der Waals surface area contributed by atoms with Crippen molar-refractivity contribution in [2.24, 2.45) is 0 Å². The minimum Gasteiger partial charge on any atom is -0.293 e. The van der Waals surface area contributed by atoms with Gasteiger partial charge in [-0.05, 0) is 38.8 Å². The van der Waals surface area contributed by atoms with Crippen LogP contribution in [0, 0.1) is 13.8 Å². The monoisotopic (exact) mass is 248 g/mol. The third-order valence-electron chi connectivity index (χ3n) is 3.30. The topological polar surface area (TPSA) is 17.1 Å². The van der Waals surface area contributed by atoms with E-state index in [1.165, 1.54) is 36.8 Å². The van der Waals surface area contributed by atoms with E-state index in [9.17, 15) is 4.79 Å². The first kappa shape index (κ1) is 12.7. The van der Waals surface area contributed by atoms with E-state index in [4.69, 9.17) is 0 Å². The second-order valence-corrected chi connectivity index (χ2v) is 6.31. The lowest BCUT2D eigenvalue weighted by atomic mass is 10.1. The van der Waals surface area contributed by atoms with E-state index < -0.39 is 0 Å². The van der Waals surface area contributed by atoms with Crippen LogP contribution in [-0.4, -0.2) is 16.8 Å². The van der Waals surface area contributed by atoms with Gasteiger partial charge in [0.25, 0.3) is 0 Å². The smallest absolute Gasteiger partial charge is 0.172 e. The Morgan fingerprint density at radius 2 is 1.76 bits per heavy atom. The molecule has 92 valence electrons. The Bertz CT molecular complexity index is 385. The Morgan fingerprint density at radius 3 is 2.35 bits per heavy atom. The Morgan fingerprint density at radius 1 is 1.18 bits per heavy atom. The van der Waals surface area contributed by atoms with Crippen molar-refractivity contribution in [2.45, 2.75) is 44.8 Å². The zero-order chi connectivity index (χ0) is 12.3. The lowest BCUT2D eigenvalue weighted by Crippen LogP contribution is -2.07. The summed E-state index contributed by atoms with van der Waals surface area (Å²) < 4.78 is 0. The first-order chi connectivity index (χ1) is 8.15. The molecule has 1 saturated carbocycles. The quantitative estimate of drug-likeness (QED) is 0.744. The molecule has 0 unspecified atom stereocenters. The van der Waals surface area contributed by atoms with E-state index in [-0.39, 0.29) is 5.78 Å². The Hall–Kier alpha value is -0.760. The molecule has 0 saturated heterocycles. The van der Waals surface area contributed by atoms with Gasteiger partial charge in [-0.3, -0.25) is 4.79 Å². The molecule has 0 spiro atoms. The number of ketones is 1. The number of hydrogen-bond acceptors (Lipinski definition) is 2. The molecule has 2 heteroatoms. The van der Waals surface area contributed by atoms with Crippen molar-refractivity contribution in [3.63, 3.8) is 0 Å². The standard InChI is InChI=1S/C15H20OS/c1-11-7-12(2)9-13(8-11)15(16)10-17-14-5-3-4-6-14/h7-9,14H,3-6,10H2,1-2H3. The largest absolute Gasteiger partial charge is 0.293 e.